The molecule has 0 radical (unpaired) electrons. The number of nitrogens with one attached hydrogen (secondary N) is 1. The highest BCUT2D eigenvalue weighted by atomic mass is 32.2. The first-order chi connectivity index (χ1) is 18.9. The Hall–Kier alpha value is -2.87. The van der Waals surface area contributed by atoms with Crippen LogP contribution in [0.5, 0.6) is 0 Å². The van der Waals surface area contributed by atoms with E-state index < -0.39 is 23.5 Å². The van der Waals surface area contributed by atoms with Gasteiger partial charge in [-0.05, 0) is 72.2 Å². The summed E-state index contributed by atoms with van der Waals surface area (Å²) >= 11 is 1.48. The molecule has 40 heavy (non-hydrogen) atoms. The van der Waals surface area contributed by atoms with Crippen LogP contribution >= 0.6 is 11.8 Å². The van der Waals surface area contributed by atoms with E-state index in [9.17, 15) is 26.3 Å². The van der Waals surface area contributed by atoms with Gasteiger partial charge in [0.25, 0.3) is 5.95 Å². The molecule has 2 aromatic heterocycles. The van der Waals surface area contributed by atoms with Crippen molar-refractivity contribution in [3.63, 3.8) is 0 Å². The molecule has 0 bridgehead atoms. The van der Waals surface area contributed by atoms with Gasteiger partial charge in [0.15, 0.2) is 0 Å². The standard InChI is InChI=1S/C26H31F6N7S/c1-38-36-24(35-37-38)39(15-18-9-20(25(27,28)29)12-21(10-18)26(30,31)32)16-19-11-22(40-2)14-34-23(19)7-8-33-13-17-5-3-4-6-17/h9-12,14,17,33H,3-8,13,15-16H2,1-2H3. The molecule has 0 unspecified atom stereocenters. The number of aryl methyl sites for hydroxylation is 1. The summed E-state index contributed by atoms with van der Waals surface area (Å²) in [6.07, 6.45) is -0.647. The molecule has 1 aliphatic carbocycles. The summed E-state index contributed by atoms with van der Waals surface area (Å²) in [5.74, 6) is 0.756. The Bertz CT molecular complexity index is 1240. The summed E-state index contributed by atoms with van der Waals surface area (Å²) in [5.41, 5.74) is -1.35. The highest BCUT2D eigenvalue weighted by Gasteiger charge is 2.37. The van der Waals surface area contributed by atoms with Crippen molar-refractivity contribution >= 4 is 17.7 Å². The molecule has 0 saturated heterocycles. The Kier molecular flexibility index (Phi) is 9.60. The summed E-state index contributed by atoms with van der Waals surface area (Å²) in [6.45, 7) is 1.44. The van der Waals surface area contributed by atoms with Crippen molar-refractivity contribution in [1.82, 2.24) is 30.5 Å². The second kappa shape index (κ2) is 12.8. The minimum atomic E-state index is -4.94. The molecule has 4 rings (SSSR count). The van der Waals surface area contributed by atoms with Crippen LogP contribution < -0.4 is 10.2 Å². The average Bonchev–Trinajstić information content (AvgIpc) is 3.57. The summed E-state index contributed by atoms with van der Waals surface area (Å²) in [7, 11) is 1.53. The van der Waals surface area contributed by atoms with Crippen molar-refractivity contribution in [3.05, 3.63) is 58.4 Å². The smallest absolute Gasteiger partial charge is 0.329 e. The van der Waals surface area contributed by atoms with Crippen LogP contribution in [0.3, 0.4) is 0 Å². The Morgan fingerprint density at radius 1 is 1.00 bits per heavy atom. The van der Waals surface area contributed by atoms with Crippen LogP contribution in [-0.2, 0) is 38.9 Å². The first-order valence-electron chi connectivity index (χ1n) is 12.9. The number of aromatic nitrogens is 5. The predicted octanol–water partition coefficient (Wildman–Crippen LogP) is 5.89. The molecular weight excluding hydrogens is 556 g/mol. The van der Waals surface area contributed by atoms with Crippen molar-refractivity contribution in [3.8, 4) is 0 Å². The minimum Gasteiger partial charge on any atom is -0.329 e. The van der Waals surface area contributed by atoms with Crippen LogP contribution in [0, 0.1) is 5.92 Å². The molecule has 1 N–H and O–H groups in total. The van der Waals surface area contributed by atoms with Gasteiger partial charge in [-0.2, -0.15) is 31.1 Å². The predicted molar refractivity (Wildman–Crippen MR) is 140 cm³/mol. The fourth-order valence-corrected chi connectivity index (χ4v) is 5.27. The van der Waals surface area contributed by atoms with Gasteiger partial charge in [-0.3, -0.25) is 4.98 Å². The molecule has 218 valence electrons. The zero-order valence-electron chi connectivity index (χ0n) is 22.2. The first-order valence-corrected chi connectivity index (χ1v) is 14.1. The molecule has 0 amide bonds. The van der Waals surface area contributed by atoms with Crippen LogP contribution in [0.2, 0.25) is 0 Å². The number of tetrazole rings is 1. The average molecular weight is 588 g/mol. The molecule has 14 heteroatoms. The first kappa shape index (κ1) is 30.1. The number of thioether (sulfide) groups is 1. The number of nitrogens with zero attached hydrogens (tertiary/aromatic N) is 6. The molecule has 7 nitrogen and oxygen atoms in total. The molecule has 0 atom stereocenters. The number of hydrogen-bond donors (Lipinski definition) is 1. The molecule has 1 fully saturated rings. The minimum absolute atomic E-state index is 0.0772. The van der Waals surface area contributed by atoms with Crippen LogP contribution in [-0.4, -0.2) is 44.5 Å². The number of pyridine rings is 1. The van der Waals surface area contributed by atoms with E-state index in [2.05, 4.69) is 25.7 Å². The van der Waals surface area contributed by atoms with Crippen molar-refractivity contribution in [2.75, 3.05) is 24.2 Å². The maximum atomic E-state index is 13.5. The largest absolute Gasteiger partial charge is 0.416 e. The molecule has 1 aromatic carbocycles. The van der Waals surface area contributed by atoms with Crippen LogP contribution in [0.4, 0.5) is 32.3 Å². The van der Waals surface area contributed by atoms with Crippen molar-refractivity contribution in [2.24, 2.45) is 13.0 Å². The Labute approximate surface area is 232 Å². The zero-order chi connectivity index (χ0) is 28.9. The molecular formula is C26H31F6N7S. The maximum absolute atomic E-state index is 13.5. The summed E-state index contributed by atoms with van der Waals surface area (Å²) in [4.78, 5) is 8.20. The molecule has 2 heterocycles. The summed E-state index contributed by atoms with van der Waals surface area (Å²) < 4.78 is 81.0. The second-order valence-electron chi connectivity index (χ2n) is 9.93. The van der Waals surface area contributed by atoms with E-state index in [0.717, 1.165) is 34.8 Å². The van der Waals surface area contributed by atoms with E-state index in [4.69, 9.17) is 0 Å². The van der Waals surface area contributed by atoms with Gasteiger partial charge in [0.2, 0.25) is 0 Å². The van der Waals surface area contributed by atoms with Crippen LogP contribution in [0.25, 0.3) is 0 Å². The summed E-state index contributed by atoms with van der Waals surface area (Å²) in [5, 5.41) is 15.5. The quantitative estimate of drug-likeness (QED) is 0.170. The van der Waals surface area contributed by atoms with E-state index in [1.54, 1.807) is 6.20 Å². The number of rotatable bonds is 11. The van der Waals surface area contributed by atoms with Crippen LogP contribution in [0.1, 0.15) is 53.6 Å². The van der Waals surface area contributed by atoms with Gasteiger partial charge in [-0.1, -0.05) is 17.9 Å². The van der Waals surface area contributed by atoms with Gasteiger partial charge < -0.3 is 10.2 Å². The van der Waals surface area contributed by atoms with E-state index in [1.807, 2.05) is 12.3 Å². The Balaban J connectivity index is 1.61. The lowest BCUT2D eigenvalue weighted by Crippen LogP contribution is -2.27. The van der Waals surface area contributed by atoms with Crippen molar-refractivity contribution in [1.29, 1.82) is 0 Å². The summed E-state index contributed by atoms with van der Waals surface area (Å²) in [6, 6.07) is 3.50. The van der Waals surface area contributed by atoms with Gasteiger partial charge in [-0.15, -0.1) is 16.9 Å². The molecule has 1 saturated carbocycles. The fourth-order valence-electron chi connectivity index (χ4n) is 4.85. The zero-order valence-corrected chi connectivity index (χ0v) is 23.0. The molecule has 3 aromatic rings. The van der Waals surface area contributed by atoms with E-state index in [1.165, 1.54) is 54.2 Å². The number of hydrogen-bond acceptors (Lipinski definition) is 7. The number of alkyl halides is 6. The molecule has 1 aliphatic rings. The monoisotopic (exact) mass is 587 g/mol. The lowest BCUT2D eigenvalue weighted by atomic mass is 10.0. The lowest BCUT2D eigenvalue weighted by Gasteiger charge is -2.24. The van der Waals surface area contributed by atoms with E-state index in [0.29, 0.717) is 18.9 Å². The third kappa shape index (κ3) is 8.09. The number of benzene rings is 1. The maximum Gasteiger partial charge on any atom is 0.416 e. The van der Waals surface area contributed by atoms with Crippen molar-refractivity contribution < 1.29 is 26.3 Å². The van der Waals surface area contributed by atoms with E-state index in [-0.39, 0.29) is 30.7 Å². The lowest BCUT2D eigenvalue weighted by molar-refractivity contribution is -0.143. The van der Waals surface area contributed by atoms with E-state index >= 15 is 0 Å². The van der Waals surface area contributed by atoms with Gasteiger partial charge >= 0.3 is 12.4 Å². The van der Waals surface area contributed by atoms with Gasteiger partial charge in [0.1, 0.15) is 0 Å². The second-order valence-corrected chi connectivity index (χ2v) is 10.8. The molecule has 0 aliphatic heterocycles. The van der Waals surface area contributed by atoms with Gasteiger partial charge in [0.05, 0.1) is 18.2 Å². The number of anilines is 1. The normalized spacial score (nSPS) is 14.7. The number of halogens is 6. The third-order valence-electron chi connectivity index (χ3n) is 6.88. The Morgan fingerprint density at radius 2 is 1.68 bits per heavy atom. The highest BCUT2D eigenvalue weighted by Crippen LogP contribution is 2.37. The van der Waals surface area contributed by atoms with Gasteiger partial charge in [0, 0.05) is 42.8 Å². The fraction of sp³-hybridized carbons (Fsp3) is 0.538. The topological polar surface area (TPSA) is 71.8 Å². The SMILES string of the molecule is CSc1cnc(CCNCC2CCCC2)c(CN(Cc2cc(C(F)(F)F)cc(C(F)(F)F)c2)c2nnn(C)n2)c1. The van der Waals surface area contributed by atoms with Crippen molar-refractivity contribution in [2.45, 2.75) is 62.4 Å². The third-order valence-corrected chi connectivity index (χ3v) is 7.57. The highest BCUT2D eigenvalue weighted by molar-refractivity contribution is 7.98. The molecule has 0 spiro atoms. The Morgan fingerprint density at radius 3 is 2.25 bits per heavy atom. The van der Waals surface area contributed by atoms with Gasteiger partial charge in [-0.25, -0.2) is 0 Å². The van der Waals surface area contributed by atoms with Crippen LogP contribution in [0.15, 0.2) is 35.4 Å².